The van der Waals surface area contributed by atoms with Crippen LogP contribution in [0.5, 0.6) is 0 Å². The predicted octanol–water partition coefficient (Wildman–Crippen LogP) is 3.07. The summed E-state index contributed by atoms with van der Waals surface area (Å²) in [6, 6.07) is 8.61. The maximum Gasteiger partial charge on any atom is 0.0954 e. The fourth-order valence-electron chi connectivity index (χ4n) is 2.17. The van der Waals surface area contributed by atoms with Gasteiger partial charge in [0.2, 0.25) is 0 Å². The molecule has 96 valence electrons. The zero-order valence-corrected chi connectivity index (χ0v) is 11.5. The minimum absolute atomic E-state index is 0.0158. The van der Waals surface area contributed by atoms with Crippen molar-refractivity contribution in [3.8, 4) is 0 Å². The first-order valence-corrected chi connectivity index (χ1v) is 6.33. The largest absolute Gasteiger partial charge is 0.330 e. The van der Waals surface area contributed by atoms with E-state index in [2.05, 4.69) is 54.6 Å². The van der Waals surface area contributed by atoms with Gasteiger partial charge < -0.3 is 10.3 Å². The molecule has 0 aliphatic carbocycles. The number of hydrogen-bond donors (Lipinski definition) is 1. The molecule has 2 aromatic rings. The van der Waals surface area contributed by atoms with Crippen LogP contribution in [0, 0.1) is 20.8 Å². The first-order valence-electron chi connectivity index (χ1n) is 6.33. The van der Waals surface area contributed by atoms with Crippen molar-refractivity contribution in [1.82, 2.24) is 9.55 Å². The Balaban J connectivity index is 2.26. The van der Waals surface area contributed by atoms with Gasteiger partial charge in [0.1, 0.15) is 0 Å². The van der Waals surface area contributed by atoms with Gasteiger partial charge in [0.25, 0.3) is 0 Å². The van der Waals surface area contributed by atoms with E-state index in [1.54, 1.807) is 0 Å². The van der Waals surface area contributed by atoms with Crippen LogP contribution in [0.3, 0.4) is 0 Å². The molecular weight excluding hydrogens is 222 g/mol. The van der Waals surface area contributed by atoms with Gasteiger partial charge in [-0.3, -0.25) is 0 Å². The first kappa shape index (κ1) is 12.8. The van der Waals surface area contributed by atoms with Crippen molar-refractivity contribution in [2.45, 2.75) is 39.8 Å². The molecule has 0 amide bonds. The first-order chi connectivity index (χ1) is 8.50. The number of aryl methyl sites for hydroxylation is 2. The number of hydrogen-bond acceptors (Lipinski definition) is 2. The maximum absolute atomic E-state index is 6.35. The van der Waals surface area contributed by atoms with Crippen LogP contribution in [0.25, 0.3) is 0 Å². The normalized spacial score (nSPS) is 14.5. The van der Waals surface area contributed by atoms with E-state index in [4.69, 9.17) is 5.73 Å². The van der Waals surface area contributed by atoms with E-state index >= 15 is 0 Å². The van der Waals surface area contributed by atoms with Crippen LogP contribution < -0.4 is 5.73 Å². The maximum atomic E-state index is 6.35. The van der Waals surface area contributed by atoms with Gasteiger partial charge in [-0.1, -0.05) is 29.8 Å². The van der Waals surface area contributed by atoms with Crippen molar-refractivity contribution < 1.29 is 0 Å². The Morgan fingerprint density at radius 1 is 1.11 bits per heavy atom. The number of nitrogens with two attached hydrogens (primary N) is 1. The molecular formula is C15H21N3. The fourth-order valence-corrected chi connectivity index (χ4v) is 2.17. The Morgan fingerprint density at radius 3 is 2.22 bits per heavy atom. The van der Waals surface area contributed by atoms with Gasteiger partial charge >= 0.3 is 0 Å². The highest BCUT2D eigenvalue weighted by molar-refractivity contribution is 5.25. The summed E-state index contributed by atoms with van der Waals surface area (Å²) in [6.07, 6.45) is 1.88. The van der Waals surface area contributed by atoms with Gasteiger partial charge in [-0.05, 0) is 33.3 Å². The number of imidazole rings is 1. The summed E-state index contributed by atoms with van der Waals surface area (Å²) in [4.78, 5) is 4.33. The molecule has 0 fully saturated rings. The quantitative estimate of drug-likeness (QED) is 0.900. The van der Waals surface area contributed by atoms with Crippen LogP contribution in [0.4, 0.5) is 0 Å². The summed E-state index contributed by atoms with van der Waals surface area (Å²) in [5, 5.41) is 0. The van der Waals surface area contributed by atoms with Crippen molar-refractivity contribution >= 4 is 0 Å². The van der Waals surface area contributed by atoms with E-state index in [0.717, 1.165) is 5.69 Å². The number of nitrogens with zero attached hydrogens (tertiary/aromatic N) is 2. The highest BCUT2D eigenvalue weighted by Gasteiger charge is 2.18. The molecule has 18 heavy (non-hydrogen) atoms. The van der Waals surface area contributed by atoms with E-state index in [0.29, 0.717) is 0 Å². The van der Waals surface area contributed by atoms with Crippen LogP contribution in [0.2, 0.25) is 0 Å². The number of rotatable bonds is 3. The van der Waals surface area contributed by atoms with E-state index in [-0.39, 0.29) is 12.1 Å². The fraction of sp³-hybridized carbons (Fsp3) is 0.400. The van der Waals surface area contributed by atoms with Crippen molar-refractivity contribution in [1.29, 1.82) is 0 Å². The molecule has 3 nitrogen and oxygen atoms in total. The van der Waals surface area contributed by atoms with Gasteiger partial charge in [-0.2, -0.15) is 0 Å². The topological polar surface area (TPSA) is 43.8 Å². The summed E-state index contributed by atoms with van der Waals surface area (Å²) in [5.41, 5.74) is 11.0. The lowest BCUT2D eigenvalue weighted by Crippen LogP contribution is -2.22. The summed E-state index contributed by atoms with van der Waals surface area (Å²) >= 11 is 0. The molecule has 1 aromatic carbocycles. The zero-order valence-electron chi connectivity index (χ0n) is 11.5. The Hall–Kier alpha value is -1.61. The van der Waals surface area contributed by atoms with Crippen LogP contribution in [0.15, 0.2) is 30.6 Å². The minimum Gasteiger partial charge on any atom is -0.330 e. The monoisotopic (exact) mass is 243 g/mol. The average Bonchev–Trinajstić information content (AvgIpc) is 2.69. The smallest absolute Gasteiger partial charge is 0.0954 e. The van der Waals surface area contributed by atoms with Gasteiger partial charge in [-0.25, -0.2) is 4.98 Å². The summed E-state index contributed by atoms with van der Waals surface area (Å²) in [7, 11) is 0. The van der Waals surface area contributed by atoms with Crippen LogP contribution in [-0.4, -0.2) is 9.55 Å². The molecule has 2 unspecified atom stereocenters. The molecule has 2 rings (SSSR count). The van der Waals surface area contributed by atoms with E-state index in [1.165, 1.54) is 16.8 Å². The van der Waals surface area contributed by atoms with Gasteiger partial charge in [-0.15, -0.1) is 0 Å². The number of aromatic nitrogens is 2. The Bertz CT molecular complexity index is 525. The third-order valence-corrected chi connectivity index (χ3v) is 3.71. The second kappa shape index (κ2) is 4.94. The lowest BCUT2D eigenvalue weighted by Gasteiger charge is -2.23. The van der Waals surface area contributed by atoms with Crippen molar-refractivity contribution in [2.24, 2.45) is 5.73 Å². The zero-order chi connectivity index (χ0) is 13.3. The molecule has 0 aliphatic rings. The molecule has 1 aromatic heterocycles. The minimum atomic E-state index is -0.0158. The van der Waals surface area contributed by atoms with Gasteiger partial charge in [0.15, 0.2) is 0 Å². The molecule has 3 heteroatoms. The lowest BCUT2D eigenvalue weighted by atomic mass is 10.00. The van der Waals surface area contributed by atoms with E-state index in [9.17, 15) is 0 Å². The molecule has 0 saturated carbocycles. The number of benzene rings is 1. The summed E-state index contributed by atoms with van der Waals surface area (Å²) in [6.45, 7) is 8.33. The Kier molecular flexibility index (Phi) is 3.53. The Morgan fingerprint density at radius 2 is 1.72 bits per heavy atom. The summed E-state index contributed by atoms with van der Waals surface area (Å²) in [5.74, 6) is 0. The summed E-state index contributed by atoms with van der Waals surface area (Å²) < 4.78 is 2.15. The van der Waals surface area contributed by atoms with E-state index < -0.39 is 0 Å². The SMILES string of the molecule is Cc1ccc(C(N)C(C)n2cnc(C)c2C)cc1. The Labute approximate surface area is 109 Å². The molecule has 2 N–H and O–H groups in total. The van der Waals surface area contributed by atoms with Crippen molar-refractivity contribution in [2.75, 3.05) is 0 Å². The van der Waals surface area contributed by atoms with Crippen molar-refractivity contribution in [3.05, 3.63) is 53.1 Å². The second-order valence-corrected chi connectivity index (χ2v) is 5.00. The molecule has 0 bridgehead atoms. The molecule has 0 saturated heterocycles. The van der Waals surface area contributed by atoms with Crippen LogP contribution >= 0.6 is 0 Å². The van der Waals surface area contributed by atoms with E-state index in [1.807, 2.05) is 13.3 Å². The predicted molar refractivity (Wildman–Crippen MR) is 74.5 cm³/mol. The molecule has 2 atom stereocenters. The second-order valence-electron chi connectivity index (χ2n) is 5.00. The third-order valence-electron chi connectivity index (χ3n) is 3.71. The van der Waals surface area contributed by atoms with Gasteiger partial charge in [0.05, 0.1) is 24.1 Å². The molecule has 1 heterocycles. The molecule has 0 aliphatic heterocycles. The van der Waals surface area contributed by atoms with Gasteiger partial charge in [0, 0.05) is 5.69 Å². The highest BCUT2D eigenvalue weighted by atomic mass is 15.1. The van der Waals surface area contributed by atoms with Crippen LogP contribution in [-0.2, 0) is 0 Å². The molecule has 0 spiro atoms. The molecule has 0 radical (unpaired) electrons. The average molecular weight is 243 g/mol. The third kappa shape index (κ3) is 2.31. The highest BCUT2D eigenvalue weighted by Crippen LogP contribution is 2.25. The lowest BCUT2D eigenvalue weighted by molar-refractivity contribution is 0.445. The van der Waals surface area contributed by atoms with Crippen molar-refractivity contribution in [3.63, 3.8) is 0 Å². The van der Waals surface area contributed by atoms with Crippen LogP contribution in [0.1, 0.15) is 41.5 Å². The standard InChI is InChI=1S/C15H21N3/c1-10-5-7-14(8-6-10)15(16)13(4)18-9-17-11(2)12(18)3/h5-9,13,15H,16H2,1-4H3.